The first-order valence-electron chi connectivity index (χ1n) is 9.25. The molecule has 0 saturated carbocycles. The number of nitrogens with one attached hydrogen (secondary N) is 2. The molecule has 1 aromatic carbocycles. The fraction of sp³-hybridized carbons (Fsp3) is 0.250. The van der Waals surface area contributed by atoms with Crippen LogP contribution in [0.1, 0.15) is 34.4 Å². The third-order valence-electron chi connectivity index (χ3n) is 5.00. The van der Waals surface area contributed by atoms with E-state index in [1.807, 2.05) is 0 Å². The van der Waals surface area contributed by atoms with Gasteiger partial charge in [-0.2, -0.15) is 18.3 Å². The summed E-state index contributed by atoms with van der Waals surface area (Å²) < 4.78 is 47.7. The summed E-state index contributed by atoms with van der Waals surface area (Å²) in [6, 6.07) is 7.24. The molecule has 0 bridgehead atoms. The maximum atomic E-state index is 13.9. The molecule has 162 valence electrons. The predicted molar refractivity (Wildman–Crippen MR) is 108 cm³/mol. The second kappa shape index (κ2) is 8.10. The molecule has 3 aromatic rings. The van der Waals surface area contributed by atoms with E-state index in [1.165, 1.54) is 19.4 Å². The van der Waals surface area contributed by atoms with Crippen molar-refractivity contribution in [2.24, 2.45) is 0 Å². The van der Waals surface area contributed by atoms with Crippen molar-refractivity contribution in [2.75, 3.05) is 17.7 Å². The zero-order valence-corrected chi connectivity index (χ0v) is 16.9. The normalized spacial score (nSPS) is 18.1. The highest BCUT2D eigenvalue weighted by atomic mass is 35.5. The number of hydrogen-bond acceptors (Lipinski definition) is 5. The molecule has 0 saturated heterocycles. The molecule has 11 heteroatoms. The Bertz CT molecular complexity index is 1120. The molecule has 2 N–H and O–H groups in total. The fourth-order valence-electron chi connectivity index (χ4n) is 3.56. The standard InChI is InChI=1S/C20H17ClF3N5O2/c1-31-15-7-3-2-5-11(15)14-9-16(20(22,23)24)29-18(27-14)12(10-26-29)19(30)28-13-6-4-8-25-17(13)21/h2-8,10,14,16,27H,9H2,1H3,(H,28,30)/t14-,16-/m1/s1. The summed E-state index contributed by atoms with van der Waals surface area (Å²) in [7, 11) is 1.45. The van der Waals surface area contributed by atoms with Crippen molar-refractivity contribution in [2.45, 2.75) is 24.7 Å². The Morgan fingerprint density at radius 2 is 2.06 bits per heavy atom. The topological polar surface area (TPSA) is 81.1 Å². The van der Waals surface area contributed by atoms with E-state index in [-0.39, 0.29) is 28.6 Å². The van der Waals surface area contributed by atoms with Gasteiger partial charge >= 0.3 is 6.18 Å². The number of rotatable bonds is 4. The van der Waals surface area contributed by atoms with Crippen LogP contribution in [0.4, 0.5) is 24.7 Å². The van der Waals surface area contributed by atoms with Gasteiger partial charge in [0.1, 0.15) is 17.1 Å². The van der Waals surface area contributed by atoms with E-state index in [0.717, 1.165) is 10.9 Å². The van der Waals surface area contributed by atoms with Gasteiger partial charge in [0, 0.05) is 18.2 Å². The Hall–Kier alpha value is -3.27. The molecule has 2 atom stereocenters. The number of fused-ring (bicyclic) bond motifs is 1. The molecule has 1 amide bonds. The number of hydrogen-bond donors (Lipinski definition) is 2. The highest BCUT2D eigenvalue weighted by Crippen LogP contribution is 2.45. The molecule has 0 unspecified atom stereocenters. The summed E-state index contributed by atoms with van der Waals surface area (Å²) in [6.45, 7) is 0. The van der Waals surface area contributed by atoms with Gasteiger partial charge in [0.15, 0.2) is 11.2 Å². The lowest BCUT2D eigenvalue weighted by Gasteiger charge is -2.34. The van der Waals surface area contributed by atoms with E-state index in [2.05, 4.69) is 20.7 Å². The minimum Gasteiger partial charge on any atom is -0.496 e. The van der Waals surface area contributed by atoms with Gasteiger partial charge in [-0.25, -0.2) is 9.67 Å². The van der Waals surface area contributed by atoms with Crippen LogP contribution in [-0.4, -0.2) is 34.0 Å². The van der Waals surface area contributed by atoms with Crippen LogP contribution >= 0.6 is 11.6 Å². The number of carbonyl (C=O) groups is 1. The second-order valence-electron chi connectivity index (χ2n) is 6.88. The Balaban J connectivity index is 1.73. The quantitative estimate of drug-likeness (QED) is 0.554. The Morgan fingerprint density at radius 1 is 1.29 bits per heavy atom. The average molecular weight is 452 g/mol. The number of aromatic nitrogens is 3. The largest absolute Gasteiger partial charge is 0.496 e. The first-order valence-corrected chi connectivity index (χ1v) is 9.63. The minimum absolute atomic E-state index is 0.0398. The molecule has 0 fully saturated rings. The highest BCUT2D eigenvalue weighted by Gasteiger charge is 2.47. The van der Waals surface area contributed by atoms with E-state index in [0.29, 0.717) is 11.3 Å². The van der Waals surface area contributed by atoms with E-state index in [9.17, 15) is 18.0 Å². The van der Waals surface area contributed by atoms with Gasteiger partial charge in [0.05, 0.1) is 25.0 Å². The van der Waals surface area contributed by atoms with Crippen LogP contribution in [0.3, 0.4) is 0 Å². The first kappa shape index (κ1) is 21.0. The molecule has 1 aliphatic rings. The van der Waals surface area contributed by atoms with E-state index in [4.69, 9.17) is 16.3 Å². The summed E-state index contributed by atoms with van der Waals surface area (Å²) in [5, 5.41) is 9.51. The molecular weight excluding hydrogens is 435 g/mol. The van der Waals surface area contributed by atoms with Gasteiger partial charge in [-0.1, -0.05) is 29.8 Å². The lowest BCUT2D eigenvalue weighted by atomic mass is 9.95. The van der Waals surface area contributed by atoms with Crippen LogP contribution in [0.15, 0.2) is 48.8 Å². The highest BCUT2D eigenvalue weighted by molar-refractivity contribution is 6.32. The SMILES string of the molecule is COc1ccccc1[C@H]1C[C@H](C(F)(F)F)n2ncc(C(=O)Nc3cccnc3Cl)c2N1. The number of benzene rings is 1. The maximum absolute atomic E-state index is 13.9. The lowest BCUT2D eigenvalue weighted by molar-refractivity contribution is -0.173. The average Bonchev–Trinajstić information content (AvgIpc) is 3.18. The van der Waals surface area contributed by atoms with Crippen LogP contribution in [0, 0.1) is 0 Å². The van der Waals surface area contributed by atoms with Crippen molar-refractivity contribution in [3.05, 3.63) is 65.1 Å². The van der Waals surface area contributed by atoms with Crippen molar-refractivity contribution in [1.29, 1.82) is 0 Å². The monoisotopic (exact) mass is 451 g/mol. The van der Waals surface area contributed by atoms with Crippen molar-refractivity contribution in [1.82, 2.24) is 14.8 Å². The van der Waals surface area contributed by atoms with Gasteiger partial charge in [-0.3, -0.25) is 4.79 Å². The summed E-state index contributed by atoms with van der Waals surface area (Å²) in [5.74, 6) is -0.255. The zero-order chi connectivity index (χ0) is 22.2. The Kier molecular flexibility index (Phi) is 5.48. The summed E-state index contributed by atoms with van der Waals surface area (Å²) in [5.41, 5.74) is 0.737. The molecule has 0 spiro atoms. The van der Waals surface area contributed by atoms with E-state index >= 15 is 0 Å². The molecule has 4 rings (SSSR count). The number of alkyl halides is 3. The van der Waals surface area contributed by atoms with E-state index < -0.39 is 24.2 Å². The van der Waals surface area contributed by atoms with Crippen molar-refractivity contribution in [3.63, 3.8) is 0 Å². The van der Waals surface area contributed by atoms with Gasteiger partial charge < -0.3 is 15.4 Å². The van der Waals surface area contributed by atoms with Crippen molar-refractivity contribution < 1.29 is 22.7 Å². The van der Waals surface area contributed by atoms with Crippen LogP contribution in [-0.2, 0) is 0 Å². The second-order valence-corrected chi connectivity index (χ2v) is 7.24. The number of nitrogens with zero attached hydrogens (tertiary/aromatic N) is 3. The van der Waals surface area contributed by atoms with Gasteiger partial charge in [-0.05, 0) is 18.2 Å². The number of halogens is 4. The molecule has 3 heterocycles. The third kappa shape index (κ3) is 4.02. The number of carbonyl (C=O) groups excluding carboxylic acids is 1. The zero-order valence-electron chi connectivity index (χ0n) is 16.2. The Labute approximate surface area is 180 Å². The van der Waals surface area contributed by atoms with Crippen LogP contribution in [0.5, 0.6) is 5.75 Å². The summed E-state index contributed by atoms with van der Waals surface area (Å²) >= 11 is 5.97. The summed E-state index contributed by atoms with van der Waals surface area (Å²) in [6.07, 6.45) is -2.32. The third-order valence-corrected chi connectivity index (χ3v) is 5.31. The van der Waals surface area contributed by atoms with Crippen LogP contribution in [0.25, 0.3) is 0 Å². The molecular formula is C20H17ClF3N5O2. The number of pyridine rings is 1. The molecule has 31 heavy (non-hydrogen) atoms. The molecule has 2 aromatic heterocycles. The van der Waals surface area contributed by atoms with Crippen molar-refractivity contribution >= 4 is 29.0 Å². The number of ether oxygens (including phenoxy) is 1. The Morgan fingerprint density at radius 3 is 2.77 bits per heavy atom. The number of methoxy groups -OCH3 is 1. The van der Waals surface area contributed by atoms with Gasteiger partial charge in [-0.15, -0.1) is 0 Å². The van der Waals surface area contributed by atoms with Crippen molar-refractivity contribution in [3.8, 4) is 5.75 Å². The maximum Gasteiger partial charge on any atom is 0.410 e. The van der Waals surface area contributed by atoms with Crippen LogP contribution in [0.2, 0.25) is 5.15 Å². The van der Waals surface area contributed by atoms with Gasteiger partial charge in [0.25, 0.3) is 5.91 Å². The first-order chi connectivity index (χ1) is 14.8. The molecule has 0 radical (unpaired) electrons. The molecule has 1 aliphatic heterocycles. The fourth-order valence-corrected chi connectivity index (χ4v) is 3.72. The lowest BCUT2D eigenvalue weighted by Crippen LogP contribution is -2.36. The predicted octanol–water partition coefficient (Wildman–Crippen LogP) is 4.85. The molecule has 0 aliphatic carbocycles. The summed E-state index contributed by atoms with van der Waals surface area (Å²) in [4.78, 5) is 16.7. The molecule has 7 nitrogen and oxygen atoms in total. The number of anilines is 2. The van der Waals surface area contributed by atoms with Crippen LogP contribution < -0.4 is 15.4 Å². The number of para-hydroxylation sites is 1. The van der Waals surface area contributed by atoms with E-state index in [1.54, 1.807) is 30.3 Å². The van der Waals surface area contributed by atoms with Gasteiger partial charge in [0.2, 0.25) is 0 Å². The smallest absolute Gasteiger partial charge is 0.410 e. The number of amides is 1. The minimum atomic E-state index is -4.57.